The number of hydrogen-bond acceptors (Lipinski definition) is 2. The molecule has 8 heavy (non-hydrogen) atoms. The number of carbonyl (C=O) groups is 1. The molecule has 0 N–H and O–H groups in total. The number of amides is 1. The molecule has 0 atom stereocenters. The molecule has 0 saturated carbocycles. The third-order valence-electron chi connectivity index (χ3n) is 1.02. The van der Waals surface area contributed by atoms with Crippen molar-refractivity contribution < 1.29 is 4.79 Å². The van der Waals surface area contributed by atoms with Gasteiger partial charge in [-0.2, -0.15) is 0 Å². The maximum atomic E-state index is 10.7. The quantitative estimate of drug-likeness (QED) is 0.354. The number of likely N-dealkylation sites (N-methyl/N-ethyl adjacent to an activating group) is 1. The Morgan fingerprint density at radius 3 is 2.62 bits per heavy atom. The van der Waals surface area contributed by atoms with Gasteiger partial charge in [0.2, 0.25) is 0 Å². The van der Waals surface area contributed by atoms with Gasteiger partial charge in [0.1, 0.15) is 0 Å². The van der Waals surface area contributed by atoms with Crippen LogP contribution in [0.15, 0.2) is 12.2 Å². The molecule has 1 rings (SSSR count). The first-order valence-electron chi connectivity index (χ1n) is 2.30. The van der Waals surface area contributed by atoms with E-state index in [9.17, 15) is 4.79 Å². The molecular weight excluding hydrogens is 122 g/mol. The summed E-state index contributed by atoms with van der Waals surface area (Å²) in [5.41, 5.74) is 0.706. The van der Waals surface area contributed by atoms with Gasteiger partial charge < -0.3 is 0 Å². The Morgan fingerprint density at radius 1 is 1.88 bits per heavy atom. The van der Waals surface area contributed by atoms with Gasteiger partial charge in [-0.1, -0.05) is 6.58 Å². The van der Waals surface area contributed by atoms with E-state index in [0.717, 1.165) is 5.75 Å². The third kappa shape index (κ3) is 0.733. The summed E-state index contributed by atoms with van der Waals surface area (Å²) in [4.78, 5) is 10.7. The van der Waals surface area contributed by atoms with Gasteiger partial charge in [0.25, 0.3) is 5.91 Å². The zero-order chi connectivity index (χ0) is 6.15. The maximum absolute atomic E-state index is 10.7. The average molecular weight is 129 g/mol. The highest BCUT2D eigenvalue weighted by Gasteiger charge is 2.20. The van der Waals surface area contributed by atoms with Crippen LogP contribution in [0.25, 0.3) is 0 Å². The van der Waals surface area contributed by atoms with E-state index in [1.165, 1.54) is 11.9 Å². The molecule has 0 bridgehead atoms. The second-order valence-corrected chi connectivity index (χ2v) is 2.77. The van der Waals surface area contributed by atoms with Crippen molar-refractivity contribution in [2.45, 2.75) is 0 Å². The van der Waals surface area contributed by atoms with Crippen LogP contribution in [0.2, 0.25) is 0 Å². The summed E-state index contributed by atoms with van der Waals surface area (Å²) >= 11 is 1.50. The minimum absolute atomic E-state index is 0.0648. The zero-order valence-electron chi connectivity index (χ0n) is 4.68. The highest BCUT2D eigenvalue weighted by Crippen LogP contribution is 2.21. The van der Waals surface area contributed by atoms with Crippen molar-refractivity contribution in [2.75, 3.05) is 12.8 Å². The van der Waals surface area contributed by atoms with Gasteiger partial charge in [0.15, 0.2) is 0 Å². The lowest BCUT2D eigenvalue weighted by atomic mass is 10.3. The van der Waals surface area contributed by atoms with E-state index in [4.69, 9.17) is 0 Å². The predicted molar refractivity (Wildman–Crippen MR) is 34.4 cm³/mol. The molecule has 1 saturated heterocycles. The molecule has 1 fully saturated rings. The first-order valence-corrected chi connectivity index (χ1v) is 3.25. The fourth-order valence-corrected chi connectivity index (χ4v) is 1.24. The van der Waals surface area contributed by atoms with Gasteiger partial charge in [-0.15, -0.1) is 0 Å². The smallest absolute Gasteiger partial charge is 0.259 e. The van der Waals surface area contributed by atoms with Crippen molar-refractivity contribution in [1.82, 2.24) is 4.31 Å². The Morgan fingerprint density at radius 2 is 2.50 bits per heavy atom. The minimum Gasteiger partial charge on any atom is -0.285 e. The summed E-state index contributed by atoms with van der Waals surface area (Å²) in [6.45, 7) is 3.57. The van der Waals surface area contributed by atoms with Crippen molar-refractivity contribution in [3.05, 3.63) is 12.2 Å². The molecule has 0 aliphatic carbocycles. The van der Waals surface area contributed by atoms with Crippen LogP contribution < -0.4 is 0 Å². The number of rotatable bonds is 0. The molecule has 3 heteroatoms. The molecule has 0 radical (unpaired) electrons. The summed E-state index contributed by atoms with van der Waals surface area (Å²) in [5.74, 6) is 0.824. The van der Waals surface area contributed by atoms with Crippen LogP contribution >= 0.6 is 11.9 Å². The van der Waals surface area contributed by atoms with Gasteiger partial charge in [-0.3, -0.25) is 9.10 Å². The number of nitrogens with zero attached hydrogens (tertiary/aromatic N) is 1. The Balaban J connectivity index is 2.71. The SMILES string of the molecule is C=C1CSN(C)C1=O. The summed E-state index contributed by atoms with van der Waals surface area (Å²) < 4.78 is 1.60. The molecular formula is C5H7NOS. The van der Waals surface area contributed by atoms with E-state index < -0.39 is 0 Å². The van der Waals surface area contributed by atoms with E-state index in [1.54, 1.807) is 11.4 Å². The Bertz CT molecular complexity index is 143. The average Bonchev–Trinajstić information content (AvgIpc) is 1.98. The van der Waals surface area contributed by atoms with Gasteiger partial charge >= 0.3 is 0 Å². The largest absolute Gasteiger partial charge is 0.285 e. The summed E-state index contributed by atoms with van der Waals surface area (Å²) in [6, 6.07) is 0. The molecule has 0 spiro atoms. The molecule has 1 amide bonds. The molecule has 1 heterocycles. The fourth-order valence-electron chi connectivity index (χ4n) is 0.518. The topological polar surface area (TPSA) is 20.3 Å². The zero-order valence-corrected chi connectivity index (χ0v) is 5.49. The van der Waals surface area contributed by atoms with E-state index in [0.29, 0.717) is 5.57 Å². The second kappa shape index (κ2) is 1.82. The highest BCUT2D eigenvalue weighted by molar-refractivity contribution is 7.98. The minimum atomic E-state index is 0.0648. The van der Waals surface area contributed by atoms with Gasteiger partial charge in [-0.05, 0) is 11.9 Å². The van der Waals surface area contributed by atoms with Crippen LogP contribution in [0, 0.1) is 0 Å². The van der Waals surface area contributed by atoms with E-state index in [-0.39, 0.29) is 5.91 Å². The molecule has 1 aliphatic rings. The van der Waals surface area contributed by atoms with Gasteiger partial charge in [0.05, 0.1) is 0 Å². The molecule has 0 aromatic carbocycles. The predicted octanol–water partition coefficient (Wildman–Crippen LogP) is 0.663. The second-order valence-electron chi connectivity index (χ2n) is 1.68. The summed E-state index contributed by atoms with van der Waals surface area (Å²) in [5, 5.41) is 0. The number of hydrogen-bond donors (Lipinski definition) is 0. The third-order valence-corrected chi connectivity index (χ3v) is 2.05. The van der Waals surface area contributed by atoms with E-state index >= 15 is 0 Å². The lowest BCUT2D eigenvalue weighted by Crippen LogP contribution is -2.12. The van der Waals surface area contributed by atoms with Crippen LogP contribution in [0.1, 0.15) is 0 Å². The number of carbonyl (C=O) groups excluding carboxylic acids is 1. The standard InChI is InChI=1S/C5H7NOS/c1-4-3-8-6(2)5(4)7/h1,3H2,2H3. The van der Waals surface area contributed by atoms with Crippen LogP contribution in [0.5, 0.6) is 0 Å². The fraction of sp³-hybridized carbons (Fsp3) is 0.400. The van der Waals surface area contributed by atoms with Crippen LogP contribution in [-0.4, -0.2) is 23.0 Å². The van der Waals surface area contributed by atoms with E-state index in [2.05, 4.69) is 6.58 Å². The Hall–Kier alpha value is -0.440. The van der Waals surface area contributed by atoms with Crippen LogP contribution in [0.4, 0.5) is 0 Å². The molecule has 0 unspecified atom stereocenters. The lowest BCUT2D eigenvalue weighted by Gasteiger charge is -2.01. The van der Waals surface area contributed by atoms with E-state index in [1.807, 2.05) is 0 Å². The maximum Gasteiger partial charge on any atom is 0.259 e. The first-order chi connectivity index (χ1) is 3.72. The van der Waals surface area contributed by atoms with Crippen molar-refractivity contribution in [3.8, 4) is 0 Å². The van der Waals surface area contributed by atoms with Crippen molar-refractivity contribution in [1.29, 1.82) is 0 Å². The van der Waals surface area contributed by atoms with Crippen LogP contribution in [-0.2, 0) is 4.79 Å². The molecule has 44 valence electrons. The van der Waals surface area contributed by atoms with Gasteiger partial charge in [-0.25, -0.2) is 0 Å². The Kier molecular flexibility index (Phi) is 1.29. The Labute approximate surface area is 52.7 Å². The highest BCUT2D eigenvalue weighted by atomic mass is 32.2. The van der Waals surface area contributed by atoms with Crippen molar-refractivity contribution in [3.63, 3.8) is 0 Å². The molecule has 0 aromatic heterocycles. The first kappa shape index (κ1) is 5.69. The molecule has 1 aliphatic heterocycles. The van der Waals surface area contributed by atoms with Gasteiger partial charge in [0, 0.05) is 18.4 Å². The summed E-state index contributed by atoms with van der Waals surface area (Å²) in [6.07, 6.45) is 0. The van der Waals surface area contributed by atoms with Crippen molar-refractivity contribution in [2.24, 2.45) is 0 Å². The van der Waals surface area contributed by atoms with Crippen molar-refractivity contribution >= 4 is 17.9 Å². The van der Waals surface area contributed by atoms with Crippen LogP contribution in [0.3, 0.4) is 0 Å². The monoisotopic (exact) mass is 129 g/mol. The molecule has 2 nitrogen and oxygen atoms in total. The molecule has 0 aromatic rings. The lowest BCUT2D eigenvalue weighted by molar-refractivity contribution is -0.120. The summed E-state index contributed by atoms with van der Waals surface area (Å²) in [7, 11) is 1.76. The normalized spacial score (nSPS) is 20.4.